The monoisotopic (exact) mass is 392 g/mol. The SMILES string of the molecule is Cl.Cl.NCC1(C(=O)Nc2ccc(N3CCOCC3)cn2)CCOCC1. The molecule has 3 heterocycles. The fraction of sp³-hybridized carbons (Fsp3) is 0.625. The van der Waals surface area contributed by atoms with Crippen LogP contribution in [-0.2, 0) is 14.3 Å². The zero-order valence-electron chi connectivity index (χ0n) is 14.1. The molecule has 3 rings (SSSR count). The van der Waals surface area contributed by atoms with Gasteiger partial charge in [-0.2, -0.15) is 0 Å². The molecule has 1 aromatic heterocycles. The van der Waals surface area contributed by atoms with Crippen LogP contribution >= 0.6 is 24.8 Å². The van der Waals surface area contributed by atoms with Crippen molar-refractivity contribution in [2.45, 2.75) is 12.8 Å². The first-order chi connectivity index (χ1) is 11.2. The Bertz CT molecular complexity index is 533. The number of amides is 1. The third-order valence-corrected chi connectivity index (χ3v) is 4.69. The average molecular weight is 393 g/mol. The fourth-order valence-corrected chi connectivity index (χ4v) is 3.00. The second kappa shape index (κ2) is 10.1. The zero-order chi connectivity index (χ0) is 16.1. The number of pyridine rings is 1. The van der Waals surface area contributed by atoms with E-state index in [1.807, 2.05) is 12.1 Å². The van der Waals surface area contributed by atoms with Crippen LogP contribution in [0, 0.1) is 5.41 Å². The van der Waals surface area contributed by atoms with Crippen LogP contribution in [0.4, 0.5) is 11.5 Å². The molecule has 0 atom stereocenters. The summed E-state index contributed by atoms with van der Waals surface area (Å²) in [5, 5.41) is 2.90. The van der Waals surface area contributed by atoms with Gasteiger partial charge in [-0.15, -0.1) is 24.8 Å². The Morgan fingerprint density at radius 3 is 2.36 bits per heavy atom. The summed E-state index contributed by atoms with van der Waals surface area (Å²) < 4.78 is 10.7. The number of anilines is 2. The zero-order valence-corrected chi connectivity index (χ0v) is 15.7. The number of morpholine rings is 1. The summed E-state index contributed by atoms with van der Waals surface area (Å²) in [5.41, 5.74) is 6.37. The number of hydrogen-bond donors (Lipinski definition) is 2. The molecule has 0 bridgehead atoms. The van der Waals surface area contributed by atoms with E-state index in [-0.39, 0.29) is 30.7 Å². The minimum absolute atomic E-state index is 0. The molecule has 2 fully saturated rings. The molecule has 0 spiro atoms. The molecule has 1 aromatic rings. The molecule has 142 valence electrons. The number of nitrogens with zero attached hydrogens (tertiary/aromatic N) is 2. The maximum Gasteiger partial charge on any atom is 0.233 e. The van der Waals surface area contributed by atoms with Gasteiger partial charge in [-0.1, -0.05) is 0 Å². The molecule has 0 saturated carbocycles. The number of carbonyl (C=O) groups excluding carboxylic acids is 1. The molecule has 2 aliphatic rings. The van der Waals surface area contributed by atoms with Crippen LogP contribution < -0.4 is 16.0 Å². The number of aromatic nitrogens is 1. The molecule has 0 aromatic carbocycles. The van der Waals surface area contributed by atoms with Gasteiger partial charge in [0.1, 0.15) is 5.82 Å². The topological polar surface area (TPSA) is 89.7 Å². The summed E-state index contributed by atoms with van der Waals surface area (Å²) >= 11 is 0. The summed E-state index contributed by atoms with van der Waals surface area (Å²) in [6.07, 6.45) is 3.10. The predicted molar refractivity (Wildman–Crippen MR) is 102 cm³/mol. The van der Waals surface area contributed by atoms with E-state index in [0.29, 0.717) is 38.4 Å². The normalized spacial score (nSPS) is 19.3. The van der Waals surface area contributed by atoms with Crippen molar-refractivity contribution in [2.75, 3.05) is 56.3 Å². The Labute approximate surface area is 160 Å². The Kier molecular flexibility index (Phi) is 8.88. The van der Waals surface area contributed by atoms with Gasteiger partial charge >= 0.3 is 0 Å². The molecular formula is C16H26Cl2N4O3. The van der Waals surface area contributed by atoms with Gasteiger partial charge in [-0.05, 0) is 25.0 Å². The third-order valence-electron chi connectivity index (χ3n) is 4.69. The van der Waals surface area contributed by atoms with Crippen molar-refractivity contribution in [3.8, 4) is 0 Å². The van der Waals surface area contributed by atoms with Crippen molar-refractivity contribution in [3.63, 3.8) is 0 Å². The van der Waals surface area contributed by atoms with Crippen LogP contribution in [0.3, 0.4) is 0 Å². The molecule has 0 unspecified atom stereocenters. The van der Waals surface area contributed by atoms with Crippen LogP contribution in [0.15, 0.2) is 18.3 Å². The van der Waals surface area contributed by atoms with Gasteiger partial charge in [0, 0.05) is 32.8 Å². The van der Waals surface area contributed by atoms with Crippen molar-refractivity contribution in [1.29, 1.82) is 0 Å². The lowest BCUT2D eigenvalue weighted by Gasteiger charge is -2.34. The highest BCUT2D eigenvalue weighted by molar-refractivity contribution is 5.95. The second-order valence-electron chi connectivity index (χ2n) is 6.05. The number of halogens is 2. The van der Waals surface area contributed by atoms with Gasteiger partial charge < -0.3 is 25.4 Å². The smallest absolute Gasteiger partial charge is 0.233 e. The molecule has 0 radical (unpaired) electrons. The van der Waals surface area contributed by atoms with E-state index >= 15 is 0 Å². The van der Waals surface area contributed by atoms with Crippen molar-refractivity contribution < 1.29 is 14.3 Å². The van der Waals surface area contributed by atoms with Gasteiger partial charge in [0.25, 0.3) is 0 Å². The molecule has 2 aliphatic heterocycles. The summed E-state index contributed by atoms with van der Waals surface area (Å²) in [7, 11) is 0. The highest BCUT2D eigenvalue weighted by Gasteiger charge is 2.38. The lowest BCUT2D eigenvalue weighted by Crippen LogP contribution is -2.46. The molecule has 2 saturated heterocycles. The number of ether oxygens (including phenoxy) is 2. The minimum atomic E-state index is -0.539. The van der Waals surface area contributed by atoms with E-state index in [2.05, 4.69) is 15.2 Å². The second-order valence-corrected chi connectivity index (χ2v) is 6.05. The Hall–Kier alpha value is -1.12. The molecule has 7 nitrogen and oxygen atoms in total. The molecule has 1 amide bonds. The number of carbonyl (C=O) groups is 1. The first-order valence-corrected chi connectivity index (χ1v) is 8.11. The summed E-state index contributed by atoms with van der Waals surface area (Å²) in [6, 6.07) is 3.82. The first-order valence-electron chi connectivity index (χ1n) is 8.11. The van der Waals surface area contributed by atoms with Crippen molar-refractivity contribution in [3.05, 3.63) is 18.3 Å². The van der Waals surface area contributed by atoms with Crippen LogP contribution in [0.5, 0.6) is 0 Å². The Morgan fingerprint density at radius 1 is 1.16 bits per heavy atom. The van der Waals surface area contributed by atoms with Crippen LogP contribution in [0.2, 0.25) is 0 Å². The minimum Gasteiger partial charge on any atom is -0.381 e. The maximum absolute atomic E-state index is 12.6. The number of nitrogens with two attached hydrogens (primary N) is 1. The van der Waals surface area contributed by atoms with E-state index < -0.39 is 5.41 Å². The lowest BCUT2D eigenvalue weighted by molar-refractivity contribution is -0.130. The molecule has 9 heteroatoms. The quantitative estimate of drug-likeness (QED) is 0.805. The van der Waals surface area contributed by atoms with Gasteiger partial charge in [-0.3, -0.25) is 4.79 Å². The van der Waals surface area contributed by atoms with Gasteiger partial charge in [0.15, 0.2) is 0 Å². The van der Waals surface area contributed by atoms with E-state index in [0.717, 1.165) is 32.0 Å². The summed E-state index contributed by atoms with van der Waals surface area (Å²) in [5.74, 6) is 0.501. The molecular weight excluding hydrogens is 367 g/mol. The highest BCUT2D eigenvalue weighted by atomic mass is 35.5. The van der Waals surface area contributed by atoms with Crippen molar-refractivity contribution in [1.82, 2.24) is 4.98 Å². The first kappa shape index (κ1) is 21.9. The summed E-state index contributed by atoms with van der Waals surface area (Å²) in [6.45, 7) is 4.68. The molecule has 25 heavy (non-hydrogen) atoms. The standard InChI is InChI=1S/C16H24N4O3.2ClH/c17-12-16(3-7-22-8-4-16)15(21)19-14-2-1-13(11-18-14)20-5-9-23-10-6-20;;/h1-2,11H,3-10,12,17H2,(H,18,19,21);2*1H. The van der Waals surface area contributed by atoms with Crippen LogP contribution in [-0.4, -0.2) is 57.0 Å². The maximum atomic E-state index is 12.6. The van der Waals surface area contributed by atoms with Crippen molar-refractivity contribution in [2.24, 2.45) is 11.1 Å². The van der Waals surface area contributed by atoms with Gasteiger partial charge in [0.05, 0.1) is 30.5 Å². The van der Waals surface area contributed by atoms with Crippen LogP contribution in [0.1, 0.15) is 12.8 Å². The van der Waals surface area contributed by atoms with E-state index in [9.17, 15) is 4.79 Å². The largest absolute Gasteiger partial charge is 0.381 e. The van der Waals surface area contributed by atoms with Crippen molar-refractivity contribution >= 4 is 42.2 Å². The number of hydrogen-bond acceptors (Lipinski definition) is 6. The highest BCUT2D eigenvalue weighted by Crippen LogP contribution is 2.30. The van der Waals surface area contributed by atoms with Gasteiger partial charge in [0.2, 0.25) is 5.91 Å². The molecule has 0 aliphatic carbocycles. The molecule has 3 N–H and O–H groups in total. The van der Waals surface area contributed by atoms with Crippen LogP contribution in [0.25, 0.3) is 0 Å². The predicted octanol–water partition coefficient (Wildman–Crippen LogP) is 1.46. The summed E-state index contributed by atoms with van der Waals surface area (Å²) in [4.78, 5) is 19.2. The fourth-order valence-electron chi connectivity index (χ4n) is 3.00. The van der Waals surface area contributed by atoms with E-state index in [1.165, 1.54) is 0 Å². The van der Waals surface area contributed by atoms with E-state index in [4.69, 9.17) is 15.2 Å². The lowest BCUT2D eigenvalue weighted by atomic mass is 9.79. The number of nitrogens with one attached hydrogen (secondary N) is 1. The Balaban J connectivity index is 0.00000156. The number of rotatable bonds is 4. The average Bonchev–Trinajstić information content (AvgIpc) is 2.63. The van der Waals surface area contributed by atoms with E-state index in [1.54, 1.807) is 6.20 Å². The Morgan fingerprint density at radius 2 is 1.80 bits per heavy atom. The van der Waals surface area contributed by atoms with Gasteiger partial charge in [-0.25, -0.2) is 4.98 Å². The third kappa shape index (κ3) is 5.18.